The summed E-state index contributed by atoms with van der Waals surface area (Å²) in [4.78, 5) is 24.2. The molecule has 6 nitrogen and oxygen atoms in total. The van der Waals surface area contributed by atoms with E-state index in [9.17, 15) is 9.59 Å². The molecular formula is C18H15ClO6. The van der Waals surface area contributed by atoms with E-state index in [2.05, 4.69) is 0 Å². The van der Waals surface area contributed by atoms with Gasteiger partial charge in [0.25, 0.3) is 0 Å². The standard InChI is InChI=1S/C18H15ClO6/c1-22-14-7-6-11(8-12(14)19)13(20)9-24-18(21)17-10-23-15-4-2-3-5-16(15)25-17/h2-8,17H,9-10H2,1H3/t17-/m1/s1. The Kier molecular flexibility index (Phi) is 5.09. The highest BCUT2D eigenvalue weighted by Gasteiger charge is 2.29. The van der Waals surface area contributed by atoms with E-state index in [1.54, 1.807) is 36.4 Å². The normalized spacial score (nSPS) is 15.4. The molecule has 0 saturated carbocycles. The third-order valence-corrected chi connectivity index (χ3v) is 3.89. The van der Waals surface area contributed by atoms with Gasteiger partial charge in [-0.3, -0.25) is 4.79 Å². The maximum Gasteiger partial charge on any atom is 0.351 e. The topological polar surface area (TPSA) is 71.1 Å². The van der Waals surface area contributed by atoms with E-state index < -0.39 is 18.7 Å². The summed E-state index contributed by atoms with van der Waals surface area (Å²) in [5.74, 6) is 0.443. The molecule has 1 aliphatic heterocycles. The van der Waals surface area contributed by atoms with E-state index in [-0.39, 0.29) is 12.4 Å². The van der Waals surface area contributed by atoms with Crippen LogP contribution in [0, 0.1) is 0 Å². The van der Waals surface area contributed by atoms with Gasteiger partial charge in [-0.15, -0.1) is 0 Å². The SMILES string of the molecule is COc1ccc(C(=O)COC(=O)[C@H]2COc3ccccc3O2)cc1Cl. The van der Waals surface area contributed by atoms with Crippen LogP contribution in [0.25, 0.3) is 0 Å². The molecule has 7 heteroatoms. The number of Topliss-reactive ketones (excluding diaryl/α,β-unsaturated/α-hetero) is 1. The third-order valence-electron chi connectivity index (χ3n) is 3.59. The van der Waals surface area contributed by atoms with Crippen molar-refractivity contribution >= 4 is 23.4 Å². The van der Waals surface area contributed by atoms with Crippen molar-refractivity contribution in [2.45, 2.75) is 6.10 Å². The molecule has 0 fully saturated rings. The molecule has 0 bridgehead atoms. The average Bonchev–Trinajstić information content (AvgIpc) is 2.65. The summed E-state index contributed by atoms with van der Waals surface area (Å²) < 4.78 is 21.0. The van der Waals surface area contributed by atoms with E-state index >= 15 is 0 Å². The minimum absolute atomic E-state index is 0.0262. The molecule has 0 radical (unpaired) electrons. The number of hydrogen-bond acceptors (Lipinski definition) is 6. The van der Waals surface area contributed by atoms with Gasteiger partial charge >= 0.3 is 5.97 Å². The zero-order valence-corrected chi connectivity index (χ0v) is 14.1. The predicted molar refractivity (Wildman–Crippen MR) is 89.6 cm³/mol. The molecule has 0 unspecified atom stereocenters. The number of rotatable bonds is 5. The Hall–Kier alpha value is -2.73. The number of carbonyl (C=O) groups is 2. The maximum absolute atomic E-state index is 12.1. The second-order valence-corrected chi connectivity index (χ2v) is 5.65. The lowest BCUT2D eigenvalue weighted by atomic mass is 10.1. The van der Waals surface area contributed by atoms with Crippen LogP contribution in [0.4, 0.5) is 0 Å². The smallest absolute Gasteiger partial charge is 0.351 e. The minimum atomic E-state index is -0.915. The van der Waals surface area contributed by atoms with Crippen molar-refractivity contribution in [1.82, 2.24) is 0 Å². The van der Waals surface area contributed by atoms with E-state index in [1.165, 1.54) is 13.2 Å². The largest absolute Gasteiger partial charge is 0.495 e. The Morgan fingerprint density at radius 3 is 2.68 bits per heavy atom. The van der Waals surface area contributed by atoms with Crippen molar-refractivity contribution in [3.63, 3.8) is 0 Å². The number of hydrogen-bond donors (Lipinski definition) is 0. The van der Waals surface area contributed by atoms with Crippen molar-refractivity contribution in [2.24, 2.45) is 0 Å². The van der Waals surface area contributed by atoms with Crippen molar-refractivity contribution in [3.05, 3.63) is 53.1 Å². The highest BCUT2D eigenvalue weighted by atomic mass is 35.5. The molecule has 25 heavy (non-hydrogen) atoms. The average molecular weight is 363 g/mol. The van der Waals surface area contributed by atoms with Crippen LogP contribution in [-0.2, 0) is 9.53 Å². The van der Waals surface area contributed by atoms with Crippen molar-refractivity contribution in [3.8, 4) is 17.2 Å². The highest BCUT2D eigenvalue weighted by molar-refractivity contribution is 6.32. The summed E-state index contributed by atoms with van der Waals surface area (Å²) in [6, 6.07) is 11.6. The van der Waals surface area contributed by atoms with Gasteiger partial charge in [-0.25, -0.2) is 4.79 Å². The first-order chi connectivity index (χ1) is 12.1. The lowest BCUT2D eigenvalue weighted by Crippen LogP contribution is -2.38. The first kappa shape index (κ1) is 17.1. The number of benzene rings is 2. The fourth-order valence-electron chi connectivity index (χ4n) is 2.29. The second-order valence-electron chi connectivity index (χ2n) is 5.24. The van der Waals surface area contributed by atoms with Gasteiger partial charge in [-0.2, -0.15) is 0 Å². The zero-order chi connectivity index (χ0) is 17.8. The molecule has 2 aromatic carbocycles. The Bertz CT molecular complexity index is 804. The number of ketones is 1. The molecule has 0 N–H and O–H groups in total. The molecule has 130 valence electrons. The molecule has 2 aromatic rings. The molecule has 0 saturated heterocycles. The Balaban J connectivity index is 1.57. The Morgan fingerprint density at radius 1 is 1.20 bits per heavy atom. The van der Waals surface area contributed by atoms with Crippen LogP contribution in [0.15, 0.2) is 42.5 Å². The van der Waals surface area contributed by atoms with Gasteiger partial charge in [-0.1, -0.05) is 23.7 Å². The maximum atomic E-state index is 12.1. The number of methoxy groups -OCH3 is 1. The first-order valence-electron chi connectivity index (χ1n) is 7.50. The van der Waals surface area contributed by atoms with Gasteiger partial charge in [0.1, 0.15) is 12.4 Å². The van der Waals surface area contributed by atoms with Gasteiger partial charge in [0.2, 0.25) is 6.10 Å². The molecule has 1 atom stereocenters. The van der Waals surface area contributed by atoms with Gasteiger partial charge in [0.15, 0.2) is 23.9 Å². The molecule has 0 amide bonds. The first-order valence-corrected chi connectivity index (χ1v) is 7.88. The van der Waals surface area contributed by atoms with Gasteiger partial charge in [0.05, 0.1) is 12.1 Å². The lowest BCUT2D eigenvalue weighted by Gasteiger charge is -2.24. The van der Waals surface area contributed by atoms with Crippen molar-refractivity contribution in [1.29, 1.82) is 0 Å². The molecule has 1 aliphatic rings. The lowest BCUT2D eigenvalue weighted by molar-refractivity contribution is -0.153. The summed E-state index contributed by atoms with van der Waals surface area (Å²) >= 11 is 5.98. The third kappa shape index (κ3) is 3.85. The number of esters is 1. The fourth-order valence-corrected chi connectivity index (χ4v) is 2.55. The van der Waals surface area contributed by atoms with Crippen LogP contribution in [0.3, 0.4) is 0 Å². The summed E-state index contributed by atoms with van der Waals surface area (Å²) in [5.41, 5.74) is 0.324. The van der Waals surface area contributed by atoms with E-state index in [0.717, 1.165) is 0 Å². The number of halogens is 1. The Labute approximate surface area is 149 Å². The van der Waals surface area contributed by atoms with E-state index in [0.29, 0.717) is 27.8 Å². The molecule has 1 heterocycles. The van der Waals surface area contributed by atoms with Gasteiger partial charge < -0.3 is 18.9 Å². The number of fused-ring (bicyclic) bond motifs is 1. The molecule has 0 spiro atoms. The number of ether oxygens (including phenoxy) is 4. The van der Waals surface area contributed by atoms with Gasteiger partial charge in [0, 0.05) is 5.56 Å². The van der Waals surface area contributed by atoms with E-state index in [4.69, 9.17) is 30.5 Å². The van der Waals surface area contributed by atoms with Crippen LogP contribution in [0.5, 0.6) is 17.2 Å². The summed E-state index contributed by atoms with van der Waals surface area (Å²) in [6.45, 7) is -0.388. The molecule has 3 rings (SSSR count). The molecular weight excluding hydrogens is 348 g/mol. The van der Waals surface area contributed by atoms with Crippen molar-refractivity contribution < 1.29 is 28.5 Å². The van der Waals surface area contributed by atoms with Crippen LogP contribution in [0.2, 0.25) is 5.02 Å². The Morgan fingerprint density at radius 2 is 1.96 bits per heavy atom. The fraction of sp³-hybridized carbons (Fsp3) is 0.222. The van der Waals surface area contributed by atoms with Crippen LogP contribution in [-0.4, -0.2) is 38.2 Å². The number of para-hydroxylation sites is 2. The summed E-state index contributed by atoms with van der Waals surface area (Å²) in [7, 11) is 1.48. The van der Waals surface area contributed by atoms with Crippen LogP contribution < -0.4 is 14.2 Å². The number of carbonyl (C=O) groups excluding carboxylic acids is 2. The summed E-state index contributed by atoms with van der Waals surface area (Å²) in [6.07, 6.45) is -0.915. The zero-order valence-electron chi connectivity index (χ0n) is 13.4. The van der Waals surface area contributed by atoms with Crippen LogP contribution in [0.1, 0.15) is 10.4 Å². The highest BCUT2D eigenvalue weighted by Crippen LogP contribution is 2.31. The van der Waals surface area contributed by atoms with Crippen LogP contribution >= 0.6 is 11.6 Å². The second kappa shape index (κ2) is 7.44. The quantitative estimate of drug-likeness (QED) is 0.601. The van der Waals surface area contributed by atoms with Gasteiger partial charge in [-0.05, 0) is 30.3 Å². The predicted octanol–water partition coefficient (Wildman–Crippen LogP) is 2.91. The minimum Gasteiger partial charge on any atom is -0.495 e. The molecule has 0 aliphatic carbocycles. The molecule has 0 aromatic heterocycles. The van der Waals surface area contributed by atoms with Crippen molar-refractivity contribution in [2.75, 3.05) is 20.3 Å². The van der Waals surface area contributed by atoms with E-state index in [1.807, 2.05) is 0 Å². The monoisotopic (exact) mass is 362 g/mol. The summed E-state index contributed by atoms with van der Waals surface area (Å²) in [5, 5.41) is 0.306.